The van der Waals surface area contributed by atoms with Crippen molar-refractivity contribution in [3.63, 3.8) is 0 Å². The highest BCUT2D eigenvalue weighted by Crippen LogP contribution is 2.22. The molecule has 1 atom stereocenters. The Morgan fingerprint density at radius 3 is 2.84 bits per heavy atom. The van der Waals surface area contributed by atoms with Gasteiger partial charge in [0, 0.05) is 24.3 Å². The zero-order chi connectivity index (χ0) is 13.7. The van der Waals surface area contributed by atoms with E-state index < -0.39 is 0 Å². The van der Waals surface area contributed by atoms with E-state index in [-0.39, 0.29) is 6.04 Å². The van der Waals surface area contributed by atoms with E-state index in [1.54, 1.807) is 11.3 Å². The lowest BCUT2D eigenvalue weighted by atomic mass is 10.2. The third kappa shape index (κ3) is 3.42. The smallest absolute Gasteiger partial charge is 0.132 e. The molecule has 2 heterocycles. The molecule has 2 rings (SSSR count). The lowest BCUT2D eigenvalue weighted by molar-refractivity contribution is 0.523. The third-order valence-electron chi connectivity index (χ3n) is 3.00. The first-order chi connectivity index (χ1) is 9.26. The largest absolute Gasteiger partial charge is 0.333 e. The molecule has 0 radical (unpaired) electrons. The number of hydrogen-bond acceptors (Lipinski definition) is 4. The number of aryl methyl sites for hydroxylation is 2. The normalized spacial score (nSPS) is 12.8. The summed E-state index contributed by atoms with van der Waals surface area (Å²) in [6.45, 7) is 8.38. The van der Waals surface area contributed by atoms with Gasteiger partial charge in [0.2, 0.25) is 0 Å². The Morgan fingerprint density at radius 1 is 1.37 bits per heavy atom. The van der Waals surface area contributed by atoms with Gasteiger partial charge >= 0.3 is 0 Å². The van der Waals surface area contributed by atoms with Crippen LogP contribution in [0, 0.1) is 6.92 Å². The van der Waals surface area contributed by atoms with Crippen LogP contribution < -0.4 is 5.32 Å². The van der Waals surface area contributed by atoms with Gasteiger partial charge in [-0.15, -0.1) is 11.3 Å². The molecule has 0 bridgehead atoms. The number of imidazole rings is 1. The van der Waals surface area contributed by atoms with E-state index in [9.17, 15) is 0 Å². The van der Waals surface area contributed by atoms with Crippen LogP contribution >= 0.6 is 11.3 Å². The van der Waals surface area contributed by atoms with Crippen LogP contribution in [0.5, 0.6) is 0 Å². The molecule has 2 aromatic rings. The van der Waals surface area contributed by atoms with Crippen molar-refractivity contribution in [2.45, 2.75) is 46.2 Å². The predicted molar refractivity (Wildman–Crippen MR) is 79.5 cm³/mol. The second-order valence-electron chi connectivity index (χ2n) is 4.66. The van der Waals surface area contributed by atoms with Gasteiger partial charge in [-0.05, 0) is 26.3 Å². The fraction of sp³-hybridized carbons (Fsp3) is 0.571. The molecular formula is C14H22N4S. The van der Waals surface area contributed by atoms with E-state index in [4.69, 9.17) is 0 Å². The van der Waals surface area contributed by atoms with Crippen LogP contribution in [-0.4, -0.2) is 21.1 Å². The monoisotopic (exact) mass is 278 g/mol. The van der Waals surface area contributed by atoms with Crippen molar-refractivity contribution >= 4 is 11.3 Å². The van der Waals surface area contributed by atoms with E-state index in [0.29, 0.717) is 0 Å². The first-order valence-electron chi connectivity index (χ1n) is 6.92. The Kier molecular flexibility index (Phi) is 5.10. The SMILES string of the molecule is CCCNC(c1csc(C)n1)c1nccn1CCC. The van der Waals surface area contributed by atoms with Crippen LogP contribution in [0.15, 0.2) is 17.8 Å². The molecule has 0 aliphatic heterocycles. The van der Waals surface area contributed by atoms with Crippen LogP contribution in [0.1, 0.15) is 49.3 Å². The summed E-state index contributed by atoms with van der Waals surface area (Å²) < 4.78 is 2.22. The molecule has 1 N–H and O–H groups in total. The fourth-order valence-electron chi connectivity index (χ4n) is 2.14. The Labute approximate surface area is 118 Å². The summed E-state index contributed by atoms with van der Waals surface area (Å²) in [6, 6.07) is 0.103. The topological polar surface area (TPSA) is 42.7 Å². The number of rotatable bonds is 7. The van der Waals surface area contributed by atoms with Gasteiger partial charge in [0.05, 0.1) is 10.7 Å². The van der Waals surface area contributed by atoms with Crippen LogP contribution in [-0.2, 0) is 6.54 Å². The first-order valence-corrected chi connectivity index (χ1v) is 7.80. The first kappa shape index (κ1) is 14.2. The summed E-state index contributed by atoms with van der Waals surface area (Å²) >= 11 is 1.69. The van der Waals surface area contributed by atoms with Gasteiger partial charge in [-0.2, -0.15) is 0 Å². The number of nitrogens with one attached hydrogen (secondary N) is 1. The van der Waals surface area contributed by atoms with Crippen LogP contribution in [0.3, 0.4) is 0 Å². The summed E-state index contributed by atoms with van der Waals surface area (Å²) in [5.41, 5.74) is 1.08. The molecule has 5 heteroatoms. The zero-order valence-corrected chi connectivity index (χ0v) is 12.7. The summed E-state index contributed by atoms with van der Waals surface area (Å²) in [6.07, 6.45) is 6.15. The molecule has 0 amide bonds. The zero-order valence-electron chi connectivity index (χ0n) is 11.9. The average molecular weight is 278 g/mol. The lowest BCUT2D eigenvalue weighted by Crippen LogP contribution is -2.26. The highest BCUT2D eigenvalue weighted by atomic mass is 32.1. The molecule has 0 spiro atoms. The minimum Gasteiger partial charge on any atom is -0.333 e. The fourth-order valence-corrected chi connectivity index (χ4v) is 2.78. The Hall–Kier alpha value is -1.20. The lowest BCUT2D eigenvalue weighted by Gasteiger charge is -2.17. The highest BCUT2D eigenvalue weighted by Gasteiger charge is 2.20. The van der Waals surface area contributed by atoms with Gasteiger partial charge < -0.3 is 9.88 Å². The van der Waals surface area contributed by atoms with Crippen LogP contribution in [0.25, 0.3) is 0 Å². The Bertz CT molecular complexity index is 503. The third-order valence-corrected chi connectivity index (χ3v) is 3.79. The Balaban J connectivity index is 2.28. The van der Waals surface area contributed by atoms with E-state index in [2.05, 4.69) is 45.3 Å². The molecule has 1 unspecified atom stereocenters. The number of thiazole rings is 1. The van der Waals surface area contributed by atoms with Crippen molar-refractivity contribution in [1.82, 2.24) is 19.9 Å². The van der Waals surface area contributed by atoms with Crippen molar-refractivity contribution in [3.8, 4) is 0 Å². The van der Waals surface area contributed by atoms with Gasteiger partial charge in [0.15, 0.2) is 0 Å². The molecule has 2 aromatic heterocycles. The van der Waals surface area contributed by atoms with Crippen molar-refractivity contribution < 1.29 is 0 Å². The molecule has 0 fully saturated rings. The van der Waals surface area contributed by atoms with Crippen molar-refractivity contribution in [2.75, 3.05) is 6.54 Å². The van der Waals surface area contributed by atoms with Crippen molar-refractivity contribution in [1.29, 1.82) is 0 Å². The maximum Gasteiger partial charge on any atom is 0.132 e. The summed E-state index contributed by atoms with van der Waals surface area (Å²) in [4.78, 5) is 9.16. The van der Waals surface area contributed by atoms with E-state index in [1.165, 1.54) is 0 Å². The van der Waals surface area contributed by atoms with Crippen LogP contribution in [0.4, 0.5) is 0 Å². The summed E-state index contributed by atoms with van der Waals surface area (Å²) in [5, 5.41) is 6.80. The number of hydrogen-bond donors (Lipinski definition) is 1. The standard InChI is InChI=1S/C14H22N4S/c1-4-6-15-13(12-10-19-11(3)17-12)14-16-7-9-18(14)8-5-2/h7,9-10,13,15H,4-6,8H2,1-3H3. The maximum absolute atomic E-state index is 4.62. The highest BCUT2D eigenvalue weighted by molar-refractivity contribution is 7.09. The van der Waals surface area contributed by atoms with E-state index >= 15 is 0 Å². The second kappa shape index (κ2) is 6.82. The second-order valence-corrected chi connectivity index (χ2v) is 5.72. The number of nitrogens with zero attached hydrogens (tertiary/aromatic N) is 3. The quantitative estimate of drug-likeness (QED) is 0.846. The van der Waals surface area contributed by atoms with Crippen LogP contribution in [0.2, 0.25) is 0 Å². The minimum atomic E-state index is 0.103. The maximum atomic E-state index is 4.62. The summed E-state index contributed by atoms with van der Waals surface area (Å²) in [7, 11) is 0. The molecule has 4 nitrogen and oxygen atoms in total. The average Bonchev–Trinajstić information content (AvgIpc) is 3.01. The number of aromatic nitrogens is 3. The molecule has 104 valence electrons. The molecule has 0 saturated heterocycles. The summed E-state index contributed by atoms with van der Waals surface area (Å²) in [5.74, 6) is 1.07. The van der Waals surface area contributed by atoms with Crippen molar-refractivity contribution in [3.05, 3.63) is 34.3 Å². The molecule has 0 aliphatic rings. The Morgan fingerprint density at radius 2 is 2.21 bits per heavy atom. The van der Waals surface area contributed by atoms with Crippen molar-refractivity contribution in [2.24, 2.45) is 0 Å². The van der Waals surface area contributed by atoms with Gasteiger partial charge in [0.25, 0.3) is 0 Å². The predicted octanol–water partition coefficient (Wildman–Crippen LogP) is 3.15. The van der Waals surface area contributed by atoms with E-state index in [0.717, 1.165) is 42.5 Å². The van der Waals surface area contributed by atoms with E-state index in [1.807, 2.05) is 13.1 Å². The molecule has 0 aromatic carbocycles. The molecular weight excluding hydrogens is 256 g/mol. The molecule has 19 heavy (non-hydrogen) atoms. The van der Waals surface area contributed by atoms with Gasteiger partial charge in [0.1, 0.15) is 11.9 Å². The van der Waals surface area contributed by atoms with Gasteiger partial charge in [-0.3, -0.25) is 0 Å². The molecule has 0 saturated carbocycles. The van der Waals surface area contributed by atoms with Gasteiger partial charge in [-0.1, -0.05) is 13.8 Å². The van der Waals surface area contributed by atoms with Gasteiger partial charge in [-0.25, -0.2) is 9.97 Å². The minimum absolute atomic E-state index is 0.103. The molecule has 0 aliphatic carbocycles.